The zero-order valence-corrected chi connectivity index (χ0v) is 18.3. The Hall–Kier alpha value is -2.63. The summed E-state index contributed by atoms with van der Waals surface area (Å²) < 4.78 is 116. The van der Waals surface area contributed by atoms with Gasteiger partial charge in [0.2, 0.25) is 0 Å². The van der Waals surface area contributed by atoms with Gasteiger partial charge in [0.15, 0.2) is 9.84 Å². The maximum atomic E-state index is 13.5. The van der Waals surface area contributed by atoms with E-state index in [1.807, 2.05) is 0 Å². The molecular weight excluding hydrogens is 491 g/mol. The molecule has 4 nitrogen and oxygen atoms in total. The van der Waals surface area contributed by atoms with Gasteiger partial charge < -0.3 is 5.32 Å². The third kappa shape index (κ3) is 6.49. The molecule has 1 saturated carbocycles. The fourth-order valence-corrected chi connectivity index (χ4v) is 5.64. The number of halogens is 7. The van der Waals surface area contributed by atoms with E-state index in [1.165, 1.54) is 0 Å². The number of hydrogen-bond donors (Lipinski definition) is 1. The van der Waals surface area contributed by atoms with Gasteiger partial charge in [-0.25, -0.2) is 12.8 Å². The van der Waals surface area contributed by atoms with Crippen molar-refractivity contribution in [2.24, 2.45) is 5.92 Å². The number of benzene rings is 2. The van der Waals surface area contributed by atoms with Crippen LogP contribution in [0, 0.1) is 11.7 Å². The summed E-state index contributed by atoms with van der Waals surface area (Å²) in [5, 5.41) is 2.53. The highest BCUT2D eigenvalue weighted by Gasteiger charge is 2.34. The van der Waals surface area contributed by atoms with Crippen molar-refractivity contribution < 1.29 is 43.9 Å². The molecule has 0 spiro atoms. The lowest BCUT2D eigenvalue weighted by Gasteiger charge is -2.29. The van der Waals surface area contributed by atoms with Gasteiger partial charge in [-0.2, -0.15) is 26.3 Å². The van der Waals surface area contributed by atoms with Gasteiger partial charge in [0.05, 0.1) is 21.8 Å². The Bertz CT molecular complexity index is 1150. The fourth-order valence-electron chi connectivity index (χ4n) is 3.90. The van der Waals surface area contributed by atoms with E-state index in [1.54, 1.807) is 0 Å². The molecule has 1 fully saturated rings. The molecule has 0 aromatic heterocycles. The van der Waals surface area contributed by atoms with E-state index in [2.05, 4.69) is 5.32 Å². The number of carbonyl (C=O) groups is 1. The summed E-state index contributed by atoms with van der Waals surface area (Å²) in [6.45, 7) is 0. The van der Waals surface area contributed by atoms with E-state index in [-0.39, 0.29) is 17.7 Å². The molecule has 1 aliphatic carbocycles. The van der Waals surface area contributed by atoms with Crippen molar-refractivity contribution in [3.63, 3.8) is 0 Å². The van der Waals surface area contributed by atoms with Crippen molar-refractivity contribution in [2.45, 2.75) is 49.0 Å². The van der Waals surface area contributed by atoms with Gasteiger partial charge >= 0.3 is 12.4 Å². The second-order valence-corrected chi connectivity index (χ2v) is 10.3. The molecule has 0 heterocycles. The minimum atomic E-state index is -4.82. The van der Waals surface area contributed by atoms with Crippen LogP contribution in [-0.4, -0.2) is 26.1 Å². The third-order valence-corrected chi connectivity index (χ3v) is 7.53. The number of amides is 1. The molecule has 0 unspecified atom stereocenters. The Morgan fingerprint density at radius 3 is 2.09 bits per heavy atom. The molecule has 0 aliphatic heterocycles. The highest BCUT2D eigenvalue weighted by atomic mass is 32.2. The summed E-state index contributed by atoms with van der Waals surface area (Å²) in [6.07, 6.45) is -8.20. The minimum Gasteiger partial charge on any atom is -0.349 e. The van der Waals surface area contributed by atoms with Gasteiger partial charge in [0.1, 0.15) is 5.82 Å². The molecule has 2 aromatic carbocycles. The van der Waals surface area contributed by atoms with Crippen molar-refractivity contribution in [1.82, 2.24) is 5.32 Å². The van der Waals surface area contributed by atoms with E-state index in [4.69, 9.17) is 0 Å². The van der Waals surface area contributed by atoms with Gasteiger partial charge in [0.25, 0.3) is 5.91 Å². The molecule has 0 saturated heterocycles. The second-order valence-electron chi connectivity index (χ2n) is 8.22. The molecule has 0 bridgehead atoms. The largest absolute Gasteiger partial charge is 0.416 e. The maximum absolute atomic E-state index is 13.5. The summed E-state index contributed by atoms with van der Waals surface area (Å²) in [4.78, 5) is 11.9. The van der Waals surface area contributed by atoms with Crippen molar-refractivity contribution in [2.75, 3.05) is 5.75 Å². The molecule has 186 valence electrons. The first-order valence-electron chi connectivity index (χ1n) is 10.2. The van der Waals surface area contributed by atoms with E-state index >= 15 is 0 Å². The van der Waals surface area contributed by atoms with Crippen molar-refractivity contribution in [1.29, 1.82) is 0 Å². The van der Waals surface area contributed by atoms with Crippen LogP contribution in [0.4, 0.5) is 30.7 Å². The molecule has 3 rings (SSSR count). The van der Waals surface area contributed by atoms with Crippen molar-refractivity contribution >= 4 is 15.7 Å². The predicted octanol–water partition coefficient (Wildman–Crippen LogP) is 5.63. The topological polar surface area (TPSA) is 63.2 Å². The van der Waals surface area contributed by atoms with Gasteiger partial charge in [-0.1, -0.05) is 6.07 Å². The molecular formula is C22H20F7NO3S. The predicted molar refractivity (Wildman–Crippen MR) is 108 cm³/mol. The first-order chi connectivity index (χ1) is 15.6. The van der Waals surface area contributed by atoms with Gasteiger partial charge in [-0.15, -0.1) is 0 Å². The Balaban J connectivity index is 1.60. The van der Waals surface area contributed by atoms with E-state index in [0.717, 1.165) is 18.2 Å². The first kappa shape index (κ1) is 26.0. The molecule has 0 atom stereocenters. The highest BCUT2D eigenvalue weighted by molar-refractivity contribution is 7.91. The molecule has 12 heteroatoms. The molecule has 34 heavy (non-hydrogen) atoms. The van der Waals surface area contributed by atoms with Crippen LogP contribution in [0.1, 0.15) is 47.2 Å². The van der Waals surface area contributed by atoms with E-state index in [9.17, 15) is 43.9 Å². The maximum Gasteiger partial charge on any atom is 0.416 e. The van der Waals surface area contributed by atoms with Crippen LogP contribution in [0.5, 0.6) is 0 Å². The van der Waals surface area contributed by atoms with Crippen LogP contribution in [0.3, 0.4) is 0 Å². The lowest BCUT2D eigenvalue weighted by molar-refractivity contribution is -0.138. The van der Waals surface area contributed by atoms with Crippen LogP contribution >= 0.6 is 0 Å². The monoisotopic (exact) mass is 511 g/mol. The summed E-state index contributed by atoms with van der Waals surface area (Å²) in [5.74, 6) is -2.82. The Morgan fingerprint density at radius 1 is 0.882 bits per heavy atom. The van der Waals surface area contributed by atoms with Crippen LogP contribution in [0.2, 0.25) is 0 Å². The van der Waals surface area contributed by atoms with Gasteiger partial charge in [-0.05, 0) is 68.0 Å². The van der Waals surface area contributed by atoms with Crippen LogP contribution in [0.15, 0.2) is 47.4 Å². The average Bonchev–Trinajstić information content (AvgIpc) is 2.73. The quantitative estimate of drug-likeness (QED) is 0.530. The average molecular weight is 511 g/mol. The zero-order valence-electron chi connectivity index (χ0n) is 17.5. The smallest absolute Gasteiger partial charge is 0.349 e. The normalized spacial score (nSPS) is 19.6. The van der Waals surface area contributed by atoms with Crippen LogP contribution in [0.25, 0.3) is 0 Å². The molecule has 1 amide bonds. The molecule has 2 aromatic rings. The number of nitrogens with one attached hydrogen (secondary N) is 1. The number of alkyl halides is 6. The Labute approximate surface area is 191 Å². The van der Waals surface area contributed by atoms with Crippen LogP contribution < -0.4 is 5.32 Å². The van der Waals surface area contributed by atoms with E-state index in [0.29, 0.717) is 43.9 Å². The highest BCUT2D eigenvalue weighted by Crippen LogP contribution is 2.33. The van der Waals surface area contributed by atoms with Crippen molar-refractivity contribution in [3.8, 4) is 0 Å². The number of sulfone groups is 1. The summed E-state index contributed by atoms with van der Waals surface area (Å²) >= 11 is 0. The summed E-state index contributed by atoms with van der Waals surface area (Å²) in [7, 11) is -3.99. The van der Waals surface area contributed by atoms with Crippen LogP contribution in [-0.2, 0) is 22.2 Å². The molecule has 0 radical (unpaired) electrons. The SMILES string of the molecule is O=C(N[C@H]1CC[C@H](CS(=O)(=O)c2cccc(C(F)(F)F)c2)CC1)c1cc(F)cc(C(F)(F)F)c1. The lowest BCUT2D eigenvalue weighted by atomic mass is 9.87. The van der Waals surface area contributed by atoms with Gasteiger partial charge in [-0.3, -0.25) is 4.79 Å². The number of carbonyl (C=O) groups excluding carboxylic acids is 1. The molecule has 1 N–H and O–H groups in total. The molecule has 1 aliphatic rings. The first-order valence-corrected chi connectivity index (χ1v) is 11.9. The number of rotatable bonds is 5. The Morgan fingerprint density at radius 2 is 1.50 bits per heavy atom. The van der Waals surface area contributed by atoms with Gasteiger partial charge in [0, 0.05) is 11.6 Å². The van der Waals surface area contributed by atoms with Crippen molar-refractivity contribution in [3.05, 3.63) is 65.0 Å². The fraction of sp³-hybridized carbons (Fsp3) is 0.409. The minimum absolute atomic E-state index is 0.285. The number of hydrogen-bond acceptors (Lipinski definition) is 3. The van der Waals surface area contributed by atoms with E-state index < -0.39 is 61.5 Å². The second kappa shape index (κ2) is 9.55. The standard InChI is InChI=1S/C22H20F7NO3S/c23-17-9-14(8-16(10-17)22(27,28)29)20(31)30-18-6-4-13(5-7-18)12-34(32,33)19-3-1-2-15(11-19)21(24,25)26/h1-3,8-11,13,18H,4-7,12H2,(H,30,31)/t13-,18-. The summed E-state index contributed by atoms with van der Waals surface area (Å²) in [6, 6.07) is 4.57. The third-order valence-electron chi connectivity index (χ3n) is 5.64. The zero-order chi connectivity index (χ0) is 25.3. The Kier molecular flexibility index (Phi) is 7.30. The lowest BCUT2D eigenvalue weighted by Crippen LogP contribution is -2.38. The summed E-state index contributed by atoms with van der Waals surface area (Å²) in [5.41, 5.74) is -2.84.